The van der Waals surface area contributed by atoms with E-state index in [9.17, 15) is 4.79 Å². The van der Waals surface area contributed by atoms with Crippen molar-refractivity contribution in [1.29, 1.82) is 0 Å². The molecule has 0 fully saturated rings. The SMILES string of the molecule is CC(Sc1ccc(Cl)cc1)C(=O)NCCSCc1ccc(Cl)cc1. The van der Waals surface area contributed by atoms with Crippen molar-refractivity contribution in [3.8, 4) is 0 Å². The number of hydrogen-bond donors (Lipinski definition) is 1. The Morgan fingerprint density at radius 1 is 1.04 bits per heavy atom. The Morgan fingerprint density at radius 2 is 1.62 bits per heavy atom. The fraction of sp³-hybridized carbons (Fsp3) is 0.278. The van der Waals surface area contributed by atoms with Crippen molar-refractivity contribution in [1.82, 2.24) is 5.32 Å². The molecule has 2 aromatic rings. The van der Waals surface area contributed by atoms with Crippen LogP contribution >= 0.6 is 46.7 Å². The Bertz CT molecular complexity index is 647. The van der Waals surface area contributed by atoms with Gasteiger partial charge in [0.15, 0.2) is 0 Å². The number of amides is 1. The molecular weight excluding hydrogens is 381 g/mol. The monoisotopic (exact) mass is 399 g/mol. The molecule has 1 N–H and O–H groups in total. The third-order valence-electron chi connectivity index (χ3n) is 3.22. The lowest BCUT2D eigenvalue weighted by molar-refractivity contribution is -0.120. The third kappa shape index (κ3) is 6.98. The van der Waals surface area contributed by atoms with Gasteiger partial charge in [-0.15, -0.1) is 11.8 Å². The van der Waals surface area contributed by atoms with Gasteiger partial charge >= 0.3 is 0 Å². The summed E-state index contributed by atoms with van der Waals surface area (Å²) in [5.74, 6) is 1.86. The van der Waals surface area contributed by atoms with Gasteiger partial charge in [0.1, 0.15) is 0 Å². The fourth-order valence-corrected chi connectivity index (χ4v) is 3.89. The Kier molecular flexibility index (Phi) is 8.33. The van der Waals surface area contributed by atoms with Gasteiger partial charge in [-0.2, -0.15) is 11.8 Å². The highest BCUT2D eigenvalue weighted by Crippen LogP contribution is 2.24. The number of benzene rings is 2. The van der Waals surface area contributed by atoms with E-state index in [1.54, 1.807) is 11.8 Å². The van der Waals surface area contributed by atoms with Crippen LogP contribution in [0.25, 0.3) is 0 Å². The number of rotatable bonds is 8. The third-order valence-corrected chi connectivity index (χ3v) is 5.87. The van der Waals surface area contributed by atoms with Gasteiger partial charge in [0.25, 0.3) is 0 Å². The molecular formula is C18H19Cl2NOS2. The van der Waals surface area contributed by atoms with Gasteiger partial charge < -0.3 is 5.32 Å². The number of carbonyl (C=O) groups excluding carboxylic acids is 1. The number of hydrogen-bond acceptors (Lipinski definition) is 3. The summed E-state index contributed by atoms with van der Waals surface area (Å²) in [5, 5.41) is 4.31. The zero-order valence-electron chi connectivity index (χ0n) is 13.3. The molecule has 1 atom stereocenters. The molecule has 0 radical (unpaired) electrons. The average molecular weight is 400 g/mol. The lowest BCUT2D eigenvalue weighted by atomic mass is 10.2. The predicted molar refractivity (Wildman–Crippen MR) is 107 cm³/mol. The second kappa shape index (κ2) is 10.2. The zero-order valence-corrected chi connectivity index (χ0v) is 16.4. The van der Waals surface area contributed by atoms with Crippen LogP contribution in [0, 0.1) is 0 Å². The molecule has 0 aliphatic rings. The summed E-state index contributed by atoms with van der Waals surface area (Å²) in [6.07, 6.45) is 0. The topological polar surface area (TPSA) is 29.1 Å². The van der Waals surface area contributed by atoms with E-state index in [0.29, 0.717) is 11.6 Å². The van der Waals surface area contributed by atoms with Gasteiger partial charge in [-0.25, -0.2) is 0 Å². The number of halogens is 2. The van der Waals surface area contributed by atoms with E-state index in [-0.39, 0.29) is 11.2 Å². The number of carbonyl (C=O) groups is 1. The molecule has 0 heterocycles. The van der Waals surface area contributed by atoms with Crippen LogP contribution in [0.5, 0.6) is 0 Å². The van der Waals surface area contributed by atoms with E-state index in [1.165, 1.54) is 17.3 Å². The minimum atomic E-state index is -0.132. The van der Waals surface area contributed by atoms with Crippen LogP contribution < -0.4 is 5.32 Å². The molecule has 0 saturated carbocycles. The maximum absolute atomic E-state index is 12.1. The first-order valence-corrected chi connectivity index (χ1v) is 10.4. The summed E-state index contributed by atoms with van der Waals surface area (Å²) in [7, 11) is 0. The highest BCUT2D eigenvalue weighted by molar-refractivity contribution is 8.00. The highest BCUT2D eigenvalue weighted by Gasteiger charge is 2.13. The molecule has 0 aliphatic carbocycles. The molecule has 0 spiro atoms. The standard InChI is InChI=1S/C18H19Cl2NOS2/c1-13(24-17-8-6-16(20)7-9-17)18(22)21-10-11-23-12-14-2-4-15(19)5-3-14/h2-9,13H,10-12H2,1H3,(H,21,22). The maximum atomic E-state index is 12.1. The van der Waals surface area contributed by atoms with Gasteiger partial charge in [0.05, 0.1) is 5.25 Å². The quantitative estimate of drug-likeness (QED) is 0.467. The smallest absolute Gasteiger partial charge is 0.233 e. The molecule has 0 saturated heterocycles. The first-order valence-electron chi connectivity index (χ1n) is 7.57. The predicted octanol–water partition coefficient (Wildman–Crippen LogP) is 5.52. The maximum Gasteiger partial charge on any atom is 0.233 e. The summed E-state index contributed by atoms with van der Waals surface area (Å²) in [5.41, 5.74) is 1.24. The molecule has 2 nitrogen and oxygen atoms in total. The van der Waals surface area contributed by atoms with Crippen molar-refractivity contribution in [2.24, 2.45) is 0 Å². The molecule has 6 heteroatoms. The van der Waals surface area contributed by atoms with Crippen molar-refractivity contribution in [3.05, 3.63) is 64.1 Å². The molecule has 0 bridgehead atoms. The lowest BCUT2D eigenvalue weighted by Gasteiger charge is -2.12. The second-order valence-corrected chi connectivity index (χ2v) is 8.58. The van der Waals surface area contributed by atoms with Crippen molar-refractivity contribution in [3.63, 3.8) is 0 Å². The first kappa shape index (κ1) is 19.5. The van der Waals surface area contributed by atoms with E-state index in [0.717, 1.165) is 21.4 Å². The summed E-state index contributed by atoms with van der Waals surface area (Å²) >= 11 is 15.1. The van der Waals surface area contributed by atoms with E-state index in [2.05, 4.69) is 5.32 Å². The van der Waals surface area contributed by atoms with Gasteiger partial charge in [0.2, 0.25) is 5.91 Å². The van der Waals surface area contributed by atoms with Crippen LogP contribution in [0.4, 0.5) is 0 Å². The largest absolute Gasteiger partial charge is 0.354 e. The van der Waals surface area contributed by atoms with E-state index in [1.807, 2.05) is 55.5 Å². The Hall–Kier alpha value is -0.810. The van der Waals surface area contributed by atoms with Crippen LogP contribution in [-0.2, 0) is 10.5 Å². The van der Waals surface area contributed by atoms with Crippen LogP contribution in [0.2, 0.25) is 10.0 Å². The molecule has 1 amide bonds. The molecule has 1 unspecified atom stereocenters. The molecule has 0 aliphatic heterocycles. The fourth-order valence-electron chi connectivity index (χ4n) is 1.93. The van der Waals surface area contributed by atoms with Crippen molar-refractivity contribution in [2.75, 3.05) is 12.3 Å². The van der Waals surface area contributed by atoms with Crippen molar-refractivity contribution >= 4 is 52.6 Å². The average Bonchev–Trinajstić information content (AvgIpc) is 2.58. The second-order valence-electron chi connectivity index (χ2n) is 5.18. The molecule has 2 aromatic carbocycles. The molecule has 24 heavy (non-hydrogen) atoms. The Morgan fingerprint density at radius 3 is 2.25 bits per heavy atom. The van der Waals surface area contributed by atoms with Gasteiger partial charge in [-0.1, -0.05) is 35.3 Å². The van der Waals surface area contributed by atoms with Crippen molar-refractivity contribution in [2.45, 2.75) is 22.8 Å². The molecule has 2 rings (SSSR count). The van der Waals surface area contributed by atoms with Gasteiger partial charge in [-0.3, -0.25) is 4.79 Å². The first-order chi connectivity index (χ1) is 11.5. The van der Waals surface area contributed by atoms with Crippen LogP contribution in [0.3, 0.4) is 0 Å². The summed E-state index contributed by atoms with van der Waals surface area (Å²) in [6.45, 7) is 2.58. The summed E-state index contributed by atoms with van der Waals surface area (Å²) in [6, 6.07) is 15.4. The minimum Gasteiger partial charge on any atom is -0.354 e. The van der Waals surface area contributed by atoms with Gasteiger partial charge in [0, 0.05) is 33.0 Å². The van der Waals surface area contributed by atoms with Crippen LogP contribution in [0.1, 0.15) is 12.5 Å². The normalized spacial score (nSPS) is 12.0. The van der Waals surface area contributed by atoms with E-state index >= 15 is 0 Å². The highest BCUT2D eigenvalue weighted by atomic mass is 35.5. The molecule has 0 aromatic heterocycles. The minimum absolute atomic E-state index is 0.0574. The summed E-state index contributed by atoms with van der Waals surface area (Å²) in [4.78, 5) is 13.1. The van der Waals surface area contributed by atoms with E-state index in [4.69, 9.17) is 23.2 Å². The Balaban J connectivity index is 1.63. The summed E-state index contributed by atoms with van der Waals surface area (Å²) < 4.78 is 0. The lowest BCUT2D eigenvalue weighted by Crippen LogP contribution is -2.32. The van der Waals surface area contributed by atoms with Crippen LogP contribution in [-0.4, -0.2) is 23.5 Å². The molecule has 128 valence electrons. The van der Waals surface area contributed by atoms with Crippen molar-refractivity contribution < 1.29 is 4.79 Å². The number of thioether (sulfide) groups is 2. The van der Waals surface area contributed by atoms with Crippen LogP contribution in [0.15, 0.2) is 53.4 Å². The van der Waals surface area contributed by atoms with Gasteiger partial charge in [-0.05, 0) is 48.9 Å². The zero-order chi connectivity index (χ0) is 17.4. The number of nitrogens with one attached hydrogen (secondary N) is 1. The Labute approximate surface area is 161 Å². The van der Waals surface area contributed by atoms with E-state index < -0.39 is 0 Å².